The van der Waals surface area contributed by atoms with E-state index in [0.29, 0.717) is 0 Å². The summed E-state index contributed by atoms with van der Waals surface area (Å²) in [5.74, 6) is 0. The van der Waals surface area contributed by atoms with E-state index in [1.165, 1.54) is 168 Å². The van der Waals surface area contributed by atoms with Crippen LogP contribution < -0.4 is 0 Å². The lowest BCUT2D eigenvalue weighted by Crippen LogP contribution is -1.81. The third kappa shape index (κ3) is 3.92. The van der Waals surface area contributed by atoms with Crippen molar-refractivity contribution < 1.29 is 0 Å². The highest BCUT2D eigenvalue weighted by Crippen LogP contribution is 2.51. The molecule has 0 amide bonds. The van der Waals surface area contributed by atoms with Crippen LogP contribution >= 0.6 is 45.3 Å². The van der Waals surface area contributed by atoms with Gasteiger partial charge in [-0.25, -0.2) is 0 Å². The number of fused-ring (bicyclic) bond motifs is 26. The van der Waals surface area contributed by atoms with Gasteiger partial charge in [-0.15, -0.1) is 45.3 Å². The maximum Gasteiger partial charge on any atom is 0.0621 e. The van der Waals surface area contributed by atoms with Crippen LogP contribution in [0.1, 0.15) is 0 Å². The van der Waals surface area contributed by atoms with Crippen LogP contribution in [0.5, 0.6) is 0 Å². The number of hydrogen-bond donors (Lipinski definition) is 0. The van der Waals surface area contributed by atoms with E-state index in [2.05, 4.69) is 179 Å². The van der Waals surface area contributed by atoms with Gasteiger partial charge in [0.05, 0.1) is 33.1 Å². The van der Waals surface area contributed by atoms with Gasteiger partial charge in [0.2, 0.25) is 0 Å². The Morgan fingerprint density at radius 3 is 1.42 bits per heavy atom. The molecule has 0 aliphatic rings. The van der Waals surface area contributed by atoms with E-state index in [-0.39, 0.29) is 0 Å². The zero-order chi connectivity index (χ0) is 42.3. The van der Waals surface area contributed by atoms with Gasteiger partial charge in [0, 0.05) is 124 Å². The summed E-state index contributed by atoms with van der Waals surface area (Å²) in [7, 11) is 0. The third-order valence-corrected chi connectivity index (χ3v) is 19.9. The van der Waals surface area contributed by atoms with Crippen LogP contribution in [-0.2, 0) is 0 Å². The van der Waals surface area contributed by atoms with Gasteiger partial charge in [-0.2, -0.15) is 0 Å². The summed E-state index contributed by atoms with van der Waals surface area (Å²) in [4.78, 5) is 0. The fourth-order valence-electron chi connectivity index (χ4n) is 12.4. The monoisotopic (exact) mass is 904 g/mol. The second-order valence-corrected chi connectivity index (χ2v) is 22.5. The zero-order valence-electron chi connectivity index (χ0n) is 34.7. The minimum Gasteiger partial charge on any atom is -0.308 e. The number of hydrogen-bond acceptors (Lipinski definition) is 4. The number of nitrogens with zero attached hydrogens (tertiary/aromatic N) is 2. The molecule has 2 nitrogen and oxygen atoms in total. The molecule has 0 aliphatic heterocycles. The van der Waals surface area contributed by atoms with E-state index < -0.39 is 0 Å². The first kappa shape index (κ1) is 34.1. The van der Waals surface area contributed by atoms with Gasteiger partial charge in [0.1, 0.15) is 0 Å². The van der Waals surface area contributed by atoms with Crippen molar-refractivity contribution in [3.05, 3.63) is 170 Å². The van der Waals surface area contributed by atoms with Crippen molar-refractivity contribution in [2.45, 2.75) is 0 Å². The first-order valence-electron chi connectivity index (χ1n) is 22.5. The van der Waals surface area contributed by atoms with Crippen LogP contribution in [0.2, 0.25) is 0 Å². The van der Waals surface area contributed by atoms with E-state index in [1.807, 2.05) is 45.3 Å². The number of benzene rings is 10. The average Bonchev–Trinajstić information content (AvgIpc) is 4.24. The molecule has 8 aromatic heterocycles. The Hall–Kier alpha value is -7.32. The molecule has 66 heavy (non-hydrogen) atoms. The molecular weight excluding hydrogens is 877 g/mol. The quantitative estimate of drug-likeness (QED) is 0.155. The standard InChI is InChI=1S/C60H28N2S4/c1-4-17-50-31(8-1)37-20-22-45-54(59(37)64-50)39-14-7-15-40-55-46(61(45)57(39)40)23-21-38-33-19-18-29(24-51(33)66-60(38)55)30-10-5-13-36-44-26-48-42(28-53(44)65-58(30)36)35-12-6-11-34-41-27-52-43(25-47(41)62(48)56(34)35)32-9-2-3-16-49(32)63-52/h1-28H. The van der Waals surface area contributed by atoms with Crippen LogP contribution in [-0.4, -0.2) is 8.80 Å². The fourth-order valence-corrected chi connectivity index (χ4v) is 17.4. The highest BCUT2D eigenvalue weighted by molar-refractivity contribution is 7.28. The van der Waals surface area contributed by atoms with Crippen LogP contribution in [0.15, 0.2) is 170 Å². The van der Waals surface area contributed by atoms with Crippen molar-refractivity contribution in [3.63, 3.8) is 0 Å². The molecule has 0 fully saturated rings. The Balaban J connectivity index is 0.839. The number of rotatable bonds is 1. The largest absolute Gasteiger partial charge is 0.308 e. The molecule has 0 unspecified atom stereocenters. The summed E-state index contributed by atoms with van der Waals surface area (Å²) in [6.45, 7) is 0. The van der Waals surface area contributed by atoms with Gasteiger partial charge in [-0.1, -0.05) is 115 Å². The van der Waals surface area contributed by atoms with Gasteiger partial charge < -0.3 is 8.80 Å². The van der Waals surface area contributed by atoms with Crippen LogP contribution in [0.25, 0.3) is 168 Å². The zero-order valence-corrected chi connectivity index (χ0v) is 38.0. The normalized spacial score (nSPS) is 13.2. The van der Waals surface area contributed by atoms with E-state index in [0.717, 1.165) is 0 Å². The summed E-state index contributed by atoms with van der Waals surface area (Å²) in [6.07, 6.45) is 0. The molecule has 0 radical (unpaired) electrons. The summed E-state index contributed by atoms with van der Waals surface area (Å²) < 4.78 is 16.0. The lowest BCUT2D eigenvalue weighted by atomic mass is 10.0. The Labute approximate surface area is 389 Å². The Morgan fingerprint density at radius 1 is 0.258 bits per heavy atom. The van der Waals surface area contributed by atoms with Gasteiger partial charge in [0.25, 0.3) is 0 Å². The molecule has 0 saturated carbocycles. The summed E-state index contributed by atoms with van der Waals surface area (Å²) in [5.41, 5.74) is 10.4. The lowest BCUT2D eigenvalue weighted by Gasteiger charge is -2.04. The molecule has 18 aromatic rings. The summed E-state index contributed by atoms with van der Waals surface area (Å²) in [5, 5.41) is 21.5. The molecule has 0 atom stereocenters. The van der Waals surface area contributed by atoms with Gasteiger partial charge in [0.15, 0.2) is 0 Å². The van der Waals surface area contributed by atoms with Crippen molar-refractivity contribution >= 4 is 202 Å². The van der Waals surface area contributed by atoms with Crippen molar-refractivity contribution in [2.24, 2.45) is 0 Å². The smallest absolute Gasteiger partial charge is 0.0621 e. The number of thiophene rings is 4. The van der Waals surface area contributed by atoms with E-state index in [1.54, 1.807) is 0 Å². The Morgan fingerprint density at radius 2 is 0.712 bits per heavy atom. The Kier molecular flexibility index (Phi) is 5.96. The summed E-state index contributed by atoms with van der Waals surface area (Å²) in [6, 6.07) is 65.0. The van der Waals surface area contributed by atoms with Crippen LogP contribution in [0, 0.1) is 0 Å². The predicted octanol–water partition coefficient (Wildman–Crippen LogP) is 19.1. The summed E-state index contributed by atoms with van der Waals surface area (Å²) >= 11 is 7.73. The van der Waals surface area contributed by atoms with Gasteiger partial charge in [-0.3, -0.25) is 0 Å². The minimum atomic E-state index is 1.28. The molecule has 6 heteroatoms. The third-order valence-electron chi connectivity index (χ3n) is 15.2. The highest BCUT2D eigenvalue weighted by atomic mass is 32.1. The SMILES string of the molecule is c1ccc2c(c1)sc1cc3c4cccc5c6cc7sc8c(-c9ccc%10c(c9)sc9c%10ccc%10c9c9cccc%11c%12c%13sc%14ccccc%14c%13ccc%12n%10c%119)cccc8c7cc6n(c3cc12)c45. The highest BCUT2D eigenvalue weighted by Gasteiger charge is 2.24. The average molecular weight is 905 g/mol. The van der Waals surface area contributed by atoms with Crippen molar-refractivity contribution in [2.75, 3.05) is 0 Å². The molecule has 18 rings (SSSR count). The van der Waals surface area contributed by atoms with Gasteiger partial charge in [-0.05, 0) is 65.7 Å². The van der Waals surface area contributed by atoms with E-state index >= 15 is 0 Å². The van der Waals surface area contributed by atoms with Crippen molar-refractivity contribution in [1.82, 2.24) is 8.80 Å². The first-order chi connectivity index (χ1) is 32.7. The Bertz CT molecular complexity index is 5240. The first-order valence-corrected chi connectivity index (χ1v) is 25.7. The fraction of sp³-hybridized carbons (Fsp3) is 0. The minimum absolute atomic E-state index is 1.28. The lowest BCUT2D eigenvalue weighted by molar-refractivity contribution is 1.38. The number of aromatic nitrogens is 2. The molecule has 302 valence electrons. The molecule has 0 spiro atoms. The van der Waals surface area contributed by atoms with Crippen LogP contribution in [0.3, 0.4) is 0 Å². The number of para-hydroxylation sites is 2. The predicted molar refractivity (Wildman–Crippen MR) is 293 cm³/mol. The second-order valence-electron chi connectivity index (χ2n) is 18.3. The molecular formula is C60H28N2S4. The van der Waals surface area contributed by atoms with Crippen molar-refractivity contribution in [3.8, 4) is 11.1 Å². The molecule has 0 saturated heterocycles. The molecule has 10 aromatic carbocycles. The molecule has 8 heterocycles. The second kappa shape index (κ2) is 11.5. The van der Waals surface area contributed by atoms with E-state index in [9.17, 15) is 0 Å². The topological polar surface area (TPSA) is 8.82 Å². The van der Waals surface area contributed by atoms with Crippen molar-refractivity contribution in [1.29, 1.82) is 0 Å². The molecule has 0 bridgehead atoms. The molecule has 0 aliphatic carbocycles. The van der Waals surface area contributed by atoms with E-state index in [4.69, 9.17) is 0 Å². The molecule has 0 N–H and O–H groups in total. The maximum atomic E-state index is 2.56. The van der Waals surface area contributed by atoms with Gasteiger partial charge >= 0.3 is 0 Å². The maximum absolute atomic E-state index is 2.56. The van der Waals surface area contributed by atoms with Crippen LogP contribution in [0.4, 0.5) is 0 Å².